The van der Waals surface area contributed by atoms with Crippen LogP contribution in [0.3, 0.4) is 0 Å². The van der Waals surface area contributed by atoms with Crippen molar-refractivity contribution in [3.8, 4) is 5.75 Å². The summed E-state index contributed by atoms with van der Waals surface area (Å²) in [5.74, 6) is 2.20. The lowest BCUT2D eigenvalue weighted by molar-refractivity contribution is 0.181. The van der Waals surface area contributed by atoms with Gasteiger partial charge in [-0.1, -0.05) is 25.1 Å². The average molecular weight is 281 g/mol. The molecule has 4 heteroatoms. The molecule has 2 rings (SSSR count). The zero-order valence-electron chi connectivity index (χ0n) is 11.9. The van der Waals surface area contributed by atoms with Crippen LogP contribution >= 0.6 is 0 Å². The molecule has 0 aliphatic carbocycles. The molecule has 1 aliphatic rings. The average Bonchev–Trinajstić information content (AvgIpc) is 2.40. The van der Waals surface area contributed by atoms with Gasteiger partial charge in [0.2, 0.25) is 0 Å². The Balaban J connectivity index is 2.04. The summed E-state index contributed by atoms with van der Waals surface area (Å²) in [5.41, 5.74) is 1.24. The topological polar surface area (TPSA) is 38.3 Å². The SMILES string of the molecule is CC(CCS(C)=O)NC1c2ccccc2OCC1C. The summed E-state index contributed by atoms with van der Waals surface area (Å²) in [6.45, 7) is 5.12. The minimum absolute atomic E-state index is 0.324. The Morgan fingerprint density at radius 1 is 1.47 bits per heavy atom. The second-order valence-corrected chi connectivity index (χ2v) is 6.99. The number of rotatable bonds is 5. The highest BCUT2D eigenvalue weighted by atomic mass is 32.2. The third-order valence-corrected chi connectivity index (χ3v) is 4.44. The van der Waals surface area contributed by atoms with Crippen molar-refractivity contribution < 1.29 is 8.95 Å². The minimum atomic E-state index is -0.711. The van der Waals surface area contributed by atoms with Crippen LogP contribution in [0.5, 0.6) is 5.75 Å². The van der Waals surface area contributed by atoms with Crippen LogP contribution in [0.15, 0.2) is 24.3 Å². The summed E-state index contributed by atoms with van der Waals surface area (Å²) in [7, 11) is -0.711. The monoisotopic (exact) mass is 281 g/mol. The molecule has 106 valence electrons. The van der Waals surface area contributed by atoms with E-state index in [1.165, 1.54) is 5.56 Å². The fourth-order valence-corrected chi connectivity index (χ4v) is 3.17. The predicted molar refractivity (Wildman–Crippen MR) is 80.0 cm³/mol. The van der Waals surface area contributed by atoms with Crippen LogP contribution in [-0.2, 0) is 10.8 Å². The molecular formula is C15H23NO2S. The lowest BCUT2D eigenvalue weighted by atomic mass is 9.91. The van der Waals surface area contributed by atoms with E-state index in [0.717, 1.165) is 24.5 Å². The van der Waals surface area contributed by atoms with Gasteiger partial charge in [0.05, 0.1) is 6.61 Å². The molecule has 0 spiro atoms. The number of fused-ring (bicyclic) bond motifs is 1. The van der Waals surface area contributed by atoms with Gasteiger partial charge in [-0.05, 0) is 19.4 Å². The maximum absolute atomic E-state index is 11.2. The lowest BCUT2D eigenvalue weighted by Crippen LogP contribution is -2.39. The van der Waals surface area contributed by atoms with E-state index in [4.69, 9.17) is 4.74 Å². The van der Waals surface area contributed by atoms with E-state index in [9.17, 15) is 4.21 Å². The first-order valence-electron chi connectivity index (χ1n) is 6.85. The lowest BCUT2D eigenvalue weighted by Gasteiger charge is -2.34. The van der Waals surface area contributed by atoms with Gasteiger partial charge in [0.25, 0.3) is 0 Å². The van der Waals surface area contributed by atoms with Crippen molar-refractivity contribution in [2.75, 3.05) is 18.6 Å². The first-order valence-corrected chi connectivity index (χ1v) is 8.58. The van der Waals surface area contributed by atoms with Crippen molar-refractivity contribution >= 4 is 10.8 Å². The summed E-state index contributed by atoms with van der Waals surface area (Å²) in [4.78, 5) is 0. The summed E-state index contributed by atoms with van der Waals surface area (Å²) < 4.78 is 16.9. The largest absolute Gasteiger partial charge is 0.493 e. The van der Waals surface area contributed by atoms with Gasteiger partial charge in [0.15, 0.2) is 0 Å². The van der Waals surface area contributed by atoms with Crippen LogP contribution in [0.2, 0.25) is 0 Å². The van der Waals surface area contributed by atoms with Crippen LogP contribution < -0.4 is 10.1 Å². The molecule has 19 heavy (non-hydrogen) atoms. The van der Waals surface area contributed by atoms with Gasteiger partial charge >= 0.3 is 0 Å². The van der Waals surface area contributed by atoms with Crippen LogP contribution in [-0.4, -0.2) is 28.9 Å². The van der Waals surface area contributed by atoms with Crippen molar-refractivity contribution in [2.45, 2.75) is 32.4 Å². The molecular weight excluding hydrogens is 258 g/mol. The fraction of sp³-hybridized carbons (Fsp3) is 0.600. The fourth-order valence-electron chi connectivity index (χ4n) is 2.48. The number of benzene rings is 1. The van der Waals surface area contributed by atoms with Gasteiger partial charge in [-0.15, -0.1) is 0 Å². The second kappa shape index (κ2) is 6.53. The molecule has 1 heterocycles. The highest BCUT2D eigenvalue weighted by molar-refractivity contribution is 7.84. The van der Waals surface area contributed by atoms with Crippen molar-refractivity contribution in [1.82, 2.24) is 5.32 Å². The Labute approximate surface area is 118 Å². The van der Waals surface area contributed by atoms with Gasteiger partial charge in [-0.3, -0.25) is 4.21 Å². The van der Waals surface area contributed by atoms with Crippen molar-refractivity contribution in [3.05, 3.63) is 29.8 Å². The molecule has 4 atom stereocenters. The van der Waals surface area contributed by atoms with Gasteiger partial charge in [0, 0.05) is 46.4 Å². The van der Waals surface area contributed by atoms with Crippen molar-refractivity contribution in [2.24, 2.45) is 5.92 Å². The van der Waals surface area contributed by atoms with Crippen LogP contribution in [0.25, 0.3) is 0 Å². The Morgan fingerprint density at radius 3 is 2.95 bits per heavy atom. The first kappa shape index (κ1) is 14.5. The molecule has 0 bridgehead atoms. The smallest absolute Gasteiger partial charge is 0.124 e. The van der Waals surface area contributed by atoms with E-state index in [1.54, 1.807) is 6.26 Å². The molecule has 0 radical (unpaired) electrons. The van der Waals surface area contributed by atoms with Gasteiger partial charge in [-0.2, -0.15) is 0 Å². The van der Waals surface area contributed by atoms with E-state index >= 15 is 0 Å². The predicted octanol–water partition coefficient (Wildman–Crippen LogP) is 2.50. The van der Waals surface area contributed by atoms with Crippen LogP contribution in [0.4, 0.5) is 0 Å². The van der Waals surface area contributed by atoms with Crippen LogP contribution in [0.1, 0.15) is 31.9 Å². The summed E-state index contributed by atoms with van der Waals surface area (Å²) in [5, 5.41) is 3.67. The van der Waals surface area contributed by atoms with E-state index in [1.807, 2.05) is 12.1 Å². The maximum Gasteiger partial charge on any atom is 0.124 e. The minimum Gasteiger partial charge on any atom is -0.493 e. The molecule has 1 aromatic carbocycles. The number of hydrogen-bond acceptors (Lipinski definition) is 3. The van der Waals surface area contributed by atoms with Crippen molar-refractivity contribution in [3.63, 3.8) is 0 Å². The molecule has 0 amide bonds. The second-order valence-electron chi connectivity index (χ2n) is 5.44. The normalized spacial score (nSPS) is 25.2. The number of para-hydroxylation sites is 1. The molecule has 0 saturated heterocycles. The molecule has 0 fully saturated rings. The maximum atomic E-state index is 11.2. The van der Waals surface area contributed by atoms with E-state index in [-0.39, 0.29) is 0 Å². The van der Waals surface area contributed by atoms with E-state index < -0.39 is 10.8 Å². The third-order valence-electron chi connectivity index (χ3n) is 3.63. The zero-order valence-corrected chi connectivity index (χ0v) is 12.7. The van der Waals surface area contributed by atoms with Gasteiger partial charge < -0.3 is 10.1 Å². The summed E-state index contributed by atoms with van der Waals surface area (Å²) in [6.07, 6.45) is 2.70. The standard InChI is InChI=1S/C15H23NO2S/c1-11-10-18-14-7-5-4-6-13(14)15(11)16-12(2)8-9-19(3)17/h4-7,11-12,15-16H,8-10H2,1-3H3. The molecule has 4 unspecified atom stereocenters. The zero-order chi connectivity index (χ0) is 13.8. The van der Waals surface area contributed by atoms with Gasteiger partial charge in [-0.25, -0.2) is 0 Å². The Morgan fingerprint density at radius 2 is 2.21 bits per heavy atom. The molecule has 0 aromatic heterocycles. The summed E-state index contributed by atoms with van der Waals surface area (Å²) >= 11 is 0. The molecule has 1 aromatic rings. The highest BCUT2D eigenvalue weighted by Gasteiger charge is 2.28. The quantitative estimate of drug-likeness (QED) is 0.901. The number of ether oxygens (including phenoxy) is 1. The summed E-state index contributed by atoms with van der Waals surface area (Å²) in [6, 6.07) is 8.92. The van der Waals surface area contributed by atoms with E-state index in [0.29, 0.717) is 18.0 Å². The first-order chi connectivity index (χ1) is 9.08. The molecule has 0 saturated carbocycles. The van der Waals surface area contributed by atoms with Crippen molar-refractivity contribution in [1.29, 1.82) is 0 Å². The Hall–Kier alpha value is -0.870. The Kier molecular flexibility index (Phi) is 4.99. The highest BCUT2D eigenvalue weighted by Crippen LogP contribution is 2.35. The van der Waals surface area contributed by atoms with E-state index in [2.05, 4.69) is 31.3 Å². The number of hydrogen-bond donors (Lipinski definition) is 1. The number of nitrogens with one attached hydrogen (secondary N) is 1. The molecule has 3 nitrogen and oxygen atoms in total. The third kappa shape index (κ3) is 3.80. The molecule has 1 aliphatic heterocycles. The molecule has 1 N–H and O–H groups in total. The van der Waals surface area contributed by atoms with Gasteiger partial charge in [0.1, 0.15) is 5.75 Å². The van der Waals surface area contributed by atoms with Crippen LogP contribution in [0, 0.1) is 5.92 Å². The Bertz CT molecular complexity index is 450.